The predicted molar refractivity (Wildman–Crippen MR) is 77.4 cm³/mol. The molecule has 0 bridgehead atoms. The van der Waals surface area contributed by atoms with Gasteiger partial charge in [-0.05, 0) is 37.2 Å². The second-order valence-electron chi connectivity index (χ2n) is 5.93. The van der Waals surface area contributed by atoms with E-state index in [1.165, 1.54) is 24.3 Å². The zero-order valence-corrected chi connectivity index (χ0v) is 12.3. The Morgan fingerprint density at radius 1 is 1.26 bits per heavy atom. The van der Waals surface area contributed by atoms with Gasteiger partial charge in [-0.2, -0.15) is 11.8 Å². The molecule has 0 unspecified atom stereocenters. The van der Waals surface area contributed by atoms with Gasteiger partial charge in [0.25, 0.3) is 0 Å². The maximum Gasteiger partial charge on any atom is 0.223 e. The van der Waals surface area contributed by atoms with Crippen LogP contribution in [0, 0.1) is 5.92 Å². The topological polar surface area (TPSA) is 41.6 Å². The van der Waals surface area contributed by atoms with Crippen molar-refractivity contribution in [1.29, 1.82) is 0 Å². The molecular formula is C14H24N2O2S. The molecule has 19 heavy (non-hydrogen) atoms. The van der Waals surface area contributed by atoms with Gasteiger partial charge in [0.2, 0.25) is 5.91 Å². The van der Waals surface area contributed by atoms with Crippen LogP contribution in [0.3, 0.4) is 0 Å². The monoisotopic (exact) mass is 284 g/mol. The fourth-order valence-electron chi connectivity index (χ4n) is 3.14. The first-order valence-electron chi connectivity index (χ1n) is 7.48. The smallest absolute Gasteiger partial charge is 0.223 e. The maximum atomic E-state index is 11.9. The Bertz CT molecular complexity index is 321. The molecule has 0 aromatic rings. The molecule has 3 aliphatic rings. The predicted octanol–water partition coefficient (Wildman–Crippen LogP) is 1.11. The van der Waals surface area contributed by atoms with Crippen molar-refractivity contribution in [2.24, 2.45) is 5.92 Å². The zero-order chi connectivity index (χ0) is 13.1. The summed E-state index contributed by atoms with van der Waals surface area (Å²) in [6.07, 6.45) is 4.57. The number of thioether (sulfide) groups is 1. The molecule has 5 heteroatoms. The van der Waals surface area contributed by atoms with Crippen LogP contribution in [-0.4, -0.2) is 60.7 Å². The van der Waals surface area contributed by atoms with E-state index in [4.69, 9.17) is 4.74 Å². The summed E-state index contributed by atoms with van der Waals surface area (Å²) in [5, 5.41) is 3.22. The number of nitrogens with one attached hydrogen (secondary N) is 1. The van der Waals surface area contributed by atoms with E-state index in [1.807, 2.05) is 11.8 Å². The molecule has 0 spiro atoms. The summed E-state index contributed by atoms with van der Waals surface area (Å²) in [5.41, 5.74) is 0.194. The molecule has 2 heterocycles. The molecule has 108 valence electrons. The van der Waals surface area contributed by atoms with Gasteiger partial charge in [0.15, 0.2) is 0 Å². The Morgan fingerprint density at radius 2 is 1.95 bits per heavy atom. The summed E-state index contributed by atoms with van der Waals surface area (Å²) in [4.78, 5) is 14.5. The maximum absolute atomic E-state index is 11.9. The number of hydrogen-bond donors (Lipinski definition) is 1. The largest absolute Gasteiger partial charge is 0.379 e. The van der Waals surface area contributed by atoms with Gasteiger partial charge in [0.05, 0.1) is 13.2 Å². The van der Waals surface area contributed by atoms with Gasteiger partial charge in [-0.25, -0.2) is 0 Å². The summed E-state index contributed by atoms with van der Waals surface area (Å²) >= 11 is 2.04. The third kappa shape index (κ3) is 3.26. The quantitative estimate of drug-likeness (QED) is 0.840. The molecule has 0 atom stereocenters. The van der Waals surface area contributed by atoms with Crippen LogP contribution < -0.4 is 5.32 Å². The molecule has 3 fully saturated rings. The molecule has 0 radical (unpaired) electrons. The van der Waals surface area contributed by atoms with Crippen molar-refractivity contribution in [1.82, 2.24) is 10.2 Å². The lowest BCUT2D eigenvalue weighted by molar-refractivity contribution is -0.123. The Morgan fingerprint density at radius 3 is 2.58 bits per heavy atom. The van der Waals surface area contributed by atoms with Gasteiger partial charge in [0.1, 0.15) is 0 Å². The SMILES string of the molecule is O=C(NCC1(N2CCOCC2)CCSCC1)C1CC1. The fourth-order valence-corrected chi connectivity index (χ4v) is 4.39. The molecule has 2 saturated heterocycles. The van der Waals surface area contributed by atoms with Crippen molar-refractivity contribution in [3.63, 3.8) is 0 Å². The van der Waals surface area contributed by atoms with E-state index >= 15 is 0 Å². The van der Waals surface area contributed by atoms with Crippen molar-refractivity contribution >= 4 is 17.7 Å². The summed E-state index contributed by atoms with van der Waals surface area (Å²) in [6, 6.07) is 0. The molecule has 0 aromatic carbocycles. The highest BCUT2D eigenvalue weighted by molar-refractivity contribution is 7.99. The molecule has 0 aromatic heterocycles. The van der Waals surface area contributed by atoms with E-state index in [2.05, 4.69) is 10.2 Å². The van der Waals surface area contributed by atoms with E-state index in [9.17, 15) is 4.79 Å². The molecule has 1 saturated carbocycles. The molecular weight excluding hydrogens is 260 g/mol. The van der Waals surface area contributed by atoms with Crippen molar-refractivity contribution in [2.75, 3.05) is 44.4 Å². The highest BCUT2D eigenvalue weighted by Crippen LogP contribution is 2.34. The molecule has 4 nitrogen and oxygen atoms in total. The first-order valence-corrected chi connectivity index (χ1v) is 8.64. The Balaban J connectivity index is 1.62. The number of hydrogen-bond acceptors (Lipinski definition) is 4. The van der Waals surface area contributed by atoms with E-state index < -0.39 is 0 Å². The summed E-state index contributed by atoms with van der Waals surface area (Å²) in [5.74, 6) is 3.04. The van der Waals surface area contributed by atoms with E-state index in [-0.39, 0.29) is 11.4 Å². The summed E-state index contributed by atoms with van der Waals surface area (Å²) < 4.78 is 5.48. The third-order valence-electron chi connectivity index (χ3n) is 4.65. The highest BCUT2D eigenvalue weighted by Gasteiger charge is 2.40. The van der Waals surface area contributed by atoms with E-state index in [0.717, 1.165) is 45.7 Å². The summed E-state index contributed by atoms with van der Waals surface area (Å²) in [7, 11) is 0. The normalized spacial score (nSPS) is 28.0. The van der Waals surface area contributed by atoms with Crippen molar-refractivity contribution in [3.8, 4) is 0 Å². The van der Waals surface area contributed by atoms with Crippen LogP contribution in [0.2, 0.25) is 0 Å². The average Bonchev–Trinajstić information content (AvgIpc) is 3.31. The van der Waals surface area contributed by atoms with E-state index in [0.29, 0.717) is 5.92 Å². The minimum Gasteiger partial charge on any atom is -0.379 e. The Kier molecular flexibility index (Phi) is 4.34. The molecule has 2 aliphatic heterocycles. The lowest BCUT2D eigenvalue weighted by Crippen LogP contribution is -2.60. The summed E-state index contributed by atoms with van der Waals surface area (Å²) in [6.45, 7) is 4.55. The van der Waals surface area contributed by atoms with Crippen molar-refractivity contribution in [2.45, 2.75) is 31.2 Å². The van der Waals surface area contributed by atoms with Crippen LogP contribution in [-0.2, 0) is 9.53 Å². The van der Waals surface area contributed by atoms with Crippen LogP contribution in [0.1, 0.15) is 25.7 Å². The van der Waals surface area contributed by atoms with Gasteiger partial charge < -0.3 is 10.1 Å². The second-order valence-corrected chi connectivity index (χ2v) is 7.15. The van der Waals surface area contributed by atoms with Crippen LogP contribution >= 0.6 is 11.8 Å². The Labute approximate surface area is 119 Å². The number of amides is 1. The van der Waals surface area contributed by atoms with E-state index in [1.54, 1.807) is 0 Å². The molecule has 1 aliphatic carbocycles. The van der Waals surface area contributed by atoms with Gasteiger partial charge in [-0.3, -0.25) is 9.69 Å². The molecule has 1 N–H and O–H groups in total. The second kappa shape index (κ2) is 6.02. The average molecular weight is 284 g/mol. The third-order valence-corrected chi connectivity index (χ3v) is 5.63. The Hall–Kier alpha value is -0.260. The van der Waals surface area contributed by atoms with Crippen LogP contribution in [0.15, 0.2) is 0 Å². The van der Waals surface area contributed by atoms with Gasteiger partial charge in [-0.1, -0.05) is 0 Å². The van der Waals surface area contributed by atoms with Crippen LogP contribution in [0.4, 0.5) is 0 Å². The lowest BCUT2D eigenvalue weighted by atomic mass is 9.89. The minimum absolute atomic E-state index is 0.194. The van der Waals surface area contributed by atoms with Crippen molar-refractivity contribution < 1.29 is 9.53 Å². The molecule has 1 amide bonds. The number of morpholine rings is 1. The zero-order valence-electron chi connectivity index (χ0n) is 11.5. The number of ether oxygens (including phenoxy) is 1. The van der Waals surface area contributed by atoms with Crippen LogP contribution in [0.5, 0.6) is 0 Å². The number of carbonyl (C=O) groups is 1. The number of carbonyl (C=O) groups excluding carboxylic acids is 1. The minimum atomic E-state index is 0.194. The van der Waals surface area contributed by atoms with Gasteiger partial charge in [0, 0.05) is 31.1 Å². The fraction of sp³-hybridized carbons (Fsp3) is 0.929. The first kappa shape index (κ1) is 13.7. The number of nitrogens with zero attached hydrogens (tertiary/aromatic N) is 1. The first-order chi connectivity index (χ1) is 9.30. The lowest BCUT2D eigenvalue weighted by Gasteiger charge is -2.48. The van der Waals surface area contributed by atoms with Gasteiger partial charge >= 0.3 is 0 Å². The van der Waals surface area contributed by atoms with Crippen molar-refractivity contribution in [3.05, 3.63) is 0 Å². The number of rotatable bonds is 4. The highest BCUT2D eigenvalue weighted by atomic mass is 32.2. The standard InChI is InChI=1S/C14H24N2O2S/c17-13(12-1-2-12)15-11-14(3-9-19-10-4-14)16-5-7-18-8-6-16/h12H,1-11H2,(H,15,17). The van der Waals surface area contributed by atoms with Crippen LogP contribution in [0.25, 0.3) is 0 Å². The van der Waals surface area contributed by atoms with Gasteiger partial charge in [-0.15, -0.1) is 0 Å². The molecule has 3 rings (SSSR count).